The van der Waals surface area contributed by atoms with Crippen LogP contribution >= 0.6 is 15.9 Å². The molecule has 1 aliphatic heterocycles. The Morgan fingerprint density at radius 1 is 1.17 bits per heavy atom. The third-order valence-corrected chi connectivity index (χ3v) is 4.79. The first-order valence-electron chi connectivity index (χ1n) is 8.02. The molecular formula is C19H19BrN2O2. The first-order valence-corrected chi connectivity index (χ1v) is 8.82. The molecule has 3 rings (SSSR count). The molecule has 0 radical (unpaired) electrons. The second kappa shape index (κ2) is 7.18. The Balaban J connectivity index is 1.67. The van der Waals surface area contributed by atoms with Gasteiger partial charge in [-0.25, -0.2) is 0 Å². The summed E-state index contributed by atoms with van der Waals surface area (Å²) >= 11 is 3.37. The SMILES string of the molecule is CCc1ccc(N2CC(C(=O)Nc3ccc(Br)cc3)CC2=O)cc1. The highest BCUT2D eigenvalue weighted by Gasteiger charge is 2.35. The summed E-state index contributed by atoms with van der Waals surface area (Å²) in [5.74, 6) is -0.444. The zero-order valence-electron chi connectivity index (χ0n) is 13.5. The van der Waals surface area contributed by atoms with Gasteiger partial charge in [-0.3, -0.25) is 9.59 Å². The van der Waals surface area contributed by atoms with Gasteiger partial charge < -0.3 is 10.2 Å². The highest BCUT2D eigenvalue weighted by Crippen LogP contribution is 2.26. The highest BCUT2D eigenvalue weighted by atomic mass is 79.9. The normalized spacial score (nSPS) is 17.2. The predicted molar refractivity (Wildman–Crippen MR) is 99.1 cm³/mol. The fourth-order valence-electron chi connectivity index (χ4n) is 2.82. The minimum absolute atomic E-state index is 0.00444. The molecule has 2 aromatic carbocycles. The minimum atomic E-state index is -0.327. The van der Waals surface area contributed by atoms with Gasteiger partial charge in [-0.05, 0) is 48.4 Å². The van der Waals surface area contributed by atoms with Crippen LogP contribution in [0.25, 0.3) is 0 Å². The lowest BCUT2D eigenvalue weighted by atomic mass is 10.1. The molecule has 0 saturated carbocycles. The smallest absolute Gasteiger partial charge is 0.229 e. The molecular weight excluding hydrogens is 368 g/mol. The van der Waals surface area contributed by atoms with E-state index in [2.05, 4.69) is 28.2 Å². The van der Waals surface area contributed by atoms with E-state index >= 15 is 0 Å². The average Bonchev–Trinajstić information content (AvgIpc) is 2.99. The number of rotatable bonds is 4. The maximum atomic E-state index is 12.4. The van der Waals surface area contributed by atoms with Crippen LogP contribution in [0.2, 0.25) is 0 Å². The van der Waals surface area contributed by atoms with Crippen LogP contribution in [-0.2, 0) is 16.0 Å². The lowest BCUT2D eigenvalue weighted by Gasteiger charge is -2.17. The van der Waals surface area contributed by atoms with Gasteiger partial charge >= 0.3 is 0 Å². The van der Waals surface area contributed by atoms with Crippen molar-refractivity contribution in [3.8, 4) is 0 Å². The van der Waals surface area contributed by atoms with E-state index in [4.69, 9.17) is 0 Å². The summed E-state index contributed by atoms with van der Waals surface area (Å²) in [6, 6.07) is 15.4. The molecule has 1 fully saturated rings. The fourth-order valence-corrected chi connectivity index (χ4v) is 3.09. The number of carbonyl (C=O) groups is 2. The predicted octanol–water partition coefficient (Wildman–Crippen LogP) is 4.00. The molecule has 0 aromatic heterocycles. The van der Waals surface area contributed by atoms with E-state index < -0.39 is 0 Å². The summed E-state index contributed by atoms with van der Waals surface area (Å²) in [6.07, 6.45) is 1.21. The Hall–Kier alpha value is -2.14. The second-order valence-corrected chi connectivity index (χ2v) is 6.84. The Kier molecular flexibility index (Phi) is 5.00. The summed E-state index contributed by atoms with van der Waals surface area (Å²) in [7, 11) is 0. The summed E-state index contributed by atoms with van der Waals surface area (Å²) in [5.41, 5.74) is 2.83. The van der Waals surface area contributed by atoms with E-state index in [1.807, 2.05) is 48.5 Å². The van der Waals surface area contributed by atoms with Gasteiger partial charge in [0, 0.05) is 28.8 Å². The lowest BCUT2D eigenvalue weighted by molar-refractivity contribution is -0.122. The van der Waals surface area contributed by atoms with Gasteiger partial charge in [-0.2, -0.15) is 0 Å². The Labute approximate surface area is 150 Å². The van der Waals surface area contributed by atoms with Gasteiger partial charge in [0.25, 0.3) is 0 Å². The van der Waals surface area contributed by atoms with Crippen LogP contribution in [0.3, 0.4) is 0 Å². The molecule has 2 amide bonds. The monoisotopic (exact) mass is 386 g/mol. The molecule has 1 atom stereocenters. The number of aryl methyl sites for hydroxylation is 1. The molecule has 5 heteroatoms. The number of hydrogen-bond donors (Lipinski definition) is 1. The number of benzene rings is 2. The van der Waals surface area contributed by atoms with Gasteiger partial charge in [-0.15, -0.1) is 0 Å². The molecule has 2 aromatic rings. The third-order valence-electron chi connectivity index (χ3n) is 4.26. The Bertz CT molecular complexity index is 741. The molecule has 0 spiro atoms. The number of nitrogens with zero attached hydrogens (tertiary/aromatic N) is 1. The number of halogens is 1. The van der Waals surface area contributed by atoms with E-state index in [0.29, 0.717) is 6.54 Å². The molecule has 24 heavy (non-hydrogen) atoms. The van der Waals surface area contributed by atoms with E-state index in [1.54, 1.807) is 4.90 Å². The van der Waals surface area contributed by atoms with Crippen LogP contribution in [0.5, 0.6) is 0 Å². The molecule has 124 valence electrons. The van der Waals surface area contributed by atoms with Crippen LogP contribution < -0.4 is 10.2 Å². The standard InChI is InChI=1S/C19H19BrN2O2/c1-2-13-3-9-17(10-4-13)22-12-14(11-18(22)23)19(24)21-16-7-5-15(20)6-8-16/h3-10,14H,2,11-12H2,1H3,(H,21,24). The molecule has 1 saturated heterocycles. The maximum Gasteiger partial charge on any atom is 0.229 e. The topological polar surface area (TPSA) is 49.4 Å². The van der Waals surface area contributed by atoms with E-state index in [0.717, 1.165) is 22.3 Å². The van der Waals surface area contributed by atoms with Crippen LogP contribution in [0.1, 0.15) is 18.9 Å². The van der Waals surface area contributed by atoms with Gasteiger partial charge in [-0.1, -0.05) is 35.0 Å². The molecule has 1 unspecified atom stereocenters. The van der Waals surface area contributed by atoms with Crippen molar-refractivity contribution in [3.63, 3.8) is 0 Å². The van der Waals surface area contributed by atoms with Crippen LogP contribution in [0.15, 0.2) is 53.0 Å². The molecule has 1 heterocycles. The van der Waals surface area contributed by atoms with Gasteiger partial charge in [0.2, 0.25) is 11.8 Å². The summed E-state index contributed by atoms with van der Waals surface area (Å²) in [6.45, 7) is 2.52. The van der Waals surface area contributed by atoms with Crippen molar-refractivity contribution in [1.29, 1.82) is 0 Å². The first-order chi connectivity index (χ1) is 11.6. The first kappa shape index (κ1) is 16.7. The summed E-state index contributed by atoms with van der Waals surface area (Å²) in [4.78, 5) is 26.4. The van der Waals surface area contributed by atoms with Gasteiger partial charge in [0.1, 0.15) is 0 Å². The second-order valence-electron chi connectivity index (χ2n) is 5.92. The largest absolute Gasteiger partial charge is 0.326 e. The van der Waals surface area contributed by atoms with Crippen LogP contribution in [0.4, 0.5) is 11.4 Å². The average molecular weight is 387 g/mol. The van der Waals surface area contributed by atoms with Crippen LogP contribution in [0, 0.1) is 5.92 Å². The van der Waals surface area contributed by atoms with Gasteiger partial charge in [0.05, 0.1) is 5.92 Å². The highest BCUT2D eigenvalue weighted by molar-refractivity contribution is 9.10. The zero-order chi connectivity index (χ0) is 17.1. The van der Waals surface area contributed by atoms with E-state index in [9.17, 15) is 9.59 Å². The lowest BCUT2D eigenvalue weighted by Crippen LogP contribution is -2.28. The molecule has 1 N–H and O–H groups in total. The zero-order valence-corrected chi connectivity index (χ0v) is 15.0. The molecule has 1 aliphatic rings. The Morgan fingerprint density at radius 2 is 1.83 bits per heavy atom. The number of carbonyl (C=O) groups excluding carboxylic acids is 2. The minimum Gasteiger partial charge on any atom is -0.326 e. The van der Waals surface area contributed by atoms with Crippen LogP contribution in [-0.4, -0.2) is 18.4 Å². The summed E-state index contributed by atoms with van der Waals surface area (Å²) < 4.78 is 0.957. The third kappa shape index (κ3) is 3.67. The molecule has 4 nitrogen and oxygen atoms in total. The number of hydrogen-bond acceptors (Lipinski definition) is 2. The molecule has 0 aliphatic carbocycles. The van der Waals surface area contributed by atoms with E-state index in [-0.39, 0.29) is 24.2 Å². The molecule has 0 bridgehead atoms. The van der Waals surface area contributed by atoms with Gasteiger partial charge in [0.15, 0.2) is 0 Å². The fraction of sp³-hybridized carbons (Fsp3) is 0.263. The Morgan fingerprint density at radius 3 is 2.46 bits per heavy atom. The quantitative estimate of drug-likeness (QED) is 0.862. The van der Waals surface area contributed by atoms with Crippen molar-refractivity contribution in [2.75, 3.05) is 16.8 Å². The van der Waals surface area contributed by atoms with E-state index in [1.165, 1.54) is 5.56 Å². The number of amides is 2. The number of anilines is 2. The van der Waals surface area contributed by atoms with Crippen molar-refractivity contribution in [2.45, 2.75) is 19.8 Å². The maximum absolute atomic E-state index is 12.4. The van der Waals surface area contributed by atoms with Crippen molar-refractivity contribution in [3.05, 3.63) is 58.6 Å². The number of nitrogens with one attached hydrogen (secondary N) is 1. The summed E-state index contributed by atoms with van der Waals surface area (Å²) in [5, 5.41) is 2.88. The van der Waals surface area contributed by atoms with Crippen molar-refractivity contribution < 1.29 is 9.59 Å². The van der Waals surface area contributed by atoms with Crippen molar-refractivity contribution in [1.82, 2.24) is 0 Å². The van der Waals surface area contributed by atoms with Crippen molar-refractivity contribution in [2.24, 2.45) is 5.92 Å². The van der Waals surface area contributed by atoms with Crippen molar-refractivity contribution >= 4 is 39.1 Å².